The number of primary amides is 1. The van der Waals surface area contributed by atoms with E-state index in [9.17, 15) is 4.79 Å². The van der Waals surface area contributed by atoms with Crippen LogP contribution >= 0.6 is 0 Å². The molecule has 6 unspecified atom stereocenters. The van der Waals surface area contributed by atoms with Gasteiger partial charge in [-0.05, 0) is 36.5 Å². The summed E-state index contributed by atoms with van der Waals surface area (Å²) in [4.78, 5) is 10.6. The van der Waals surface area contributed by atoms with E-state index in [4.69, 9.17) is 5.73 Å². The molecule has 4 rings (SSSR count). The molecule has 0 saturated heterocycles. The summed E-state index contributed by atoms with van der Waals surface area (Å²) in [5.74, 6) is 5.18. The maximum absolute atomic E-state index is 10.6. The van der Waals surface area contributed by atoms with E-state index < -0.39 is 6.03 Å². The third-order valence-electron chi connectivity index (χ3n) is 4.84. The summed E-state index contributed by atoms with van der Waals surface area (Å²) < 4.78 is 0. The molecule has 0 radical (unpaired) electrons. The van der Waals surface area contributed by atoms with Gasteiger partial charge in [-0.2, -0.15) is 5.10 Å². The summed E-state index contributed by atoms with van der Waals surface area (Å²) in [5, 5.41) is 4.20. The first-order valence-electron chi connectivity index (χ1n) is 5.40. The van der Waals surface area contributed by atoms with E-state index in [1.54, 1.807) is 0 Å². The Hall–Kier alpha value is -1.06. The van der Waals surface area contributed by atoms with Gasteiger partial charge in [0.2, 0.25) is 0 Å². The molecule has 3 N–H and O–H groups in total. The fraction of sp³-hybridized carbons (Fsp3) is 0.800. The number of fused-ring (bicyclic) bond motifs is 3. The molecule has 2 bridgehead atoms. The highest BCUT2D eigenvalue weighted by atomic mass is 16.2. The van der Waals surface area contributed by atoms with Crippen LogP contribution in [0.5, 0.6) is 0 Å². The van der Waals surface area contributed by atoms with Crippen LogP contribution in [0.4, 0.5) is 4.79 Å². The van der Waals surface area contributed by atoms with Crippen molar-refractivity contribution in [3.63, 3.8) is 0 Å². The van der Waals surface area contributed by atoms with Crippen LogP contribution in [0.2, 0.25) is 0 Å². The second kappa shape index (κ2) is 1.97. The standard InChI is InChI=1S/C10H13N3O/c11-10(14)13-12-9-5-2-3-1-4(5)7-6(3)8(7)9/h3-8H,1-2H2,(H3,11,13,14). The van der Waals surface area contributed by atoms with Crippen LogP contribution in [0.1, 0.15) is 12.8 Å². The van der Waals surface area contributed by atoms with Crippen molar-refractivity contribution < 1.29 is 4.79 Å². The zero-order chi connectivity index (χ0) is 9.45. The molecule has 4 saturated carbocycles. The number of amides is 2. The minimum Gasteiger partial charge on any atom is -0.350 e. The number of carbonyl (C=O) groups excluding carboxylic acids is 1. The first-order chi connectivity index (χ1) is 6.77. The summed E-state index contributed by atoms with van der Waals surface area (Å²) in [6.45, 7) is 0. The summed E-state index contributed by atoms with van der Waals surface area (Å²) >= 11 is 0. The van der Waals surface area contributed by atoms with E-state index in [0.717, 1.165) is 29.6 Å². The number of urea groups is 1. The van der Waals surface area contributed by atoms with E-state index in [0.29, 0.717) is 5.92 Å². The van der Waals surface area contributed by atoms with Gasteiger partial charge in [0, 0.05) is 17.5 Å². The SMILES string of the molecule is NC(=O)NN=C1C2CC3CC2C2C1C32. The second-order valence-corrected chi connectivity index (χ2v) is 5.20. The number of nitrogens with two attached hydrogens (primary N) is 1. The molecule has 4 aliphatic rings. The van der Waals surface area contributed by atoms with Crippen LogP contribution in [0.15, 0.2) is 5.10 Å². The number of nitrogens with zero attached hydrogens (tertiary/aromatic N) is 1. The normalized spacial score (nSPS) is 58.1. The highest BCUT2D eigenvalue weighted by Crippen LogP contribution is 2.77. The maximum Gasteiger partial charge on any atom is 0.332 e. The number of hydrazone groups is 1. The number of nitrogens with one attached hydrogen (secondary N) is 1. The molecule has 74 valence electrons. The van der Waals surface area contributed by atoms with Gasteiger partial charge in [-0.3, -0.25) is 0 Å². The number of carbonyl (C=O) groups is 1. The van der Waals surface area contributed by atoms with E-state index in [-0.39, 0.29) is 0 Å². The molecule has 0 aromatic carbocycles. The van der Waals surface area contributed by atoms with Gasteiger partial charge in [-0.25, -0.2) is 10.2 Å². The van der Waals surface area contributed by atoms with Crippen LogP contribution in [0, 0.1) is 35.5 Å². The number of rotatable bonds is 1. The third-order valence-corrected chi connectivity index (χ3v) is 4.84. The fourth-order valence-corrected chi connectivity index (χ4v) is 4.63. The van der Waals surface area contributed by atoms with Crippen LogP contribution in [-0.4, -0.2) is 11.7 Å². The van der Waals surface area contributed by atoms with Gasteiger partial charge in [0.15, 0.2) is 0 Å². The van der Waals surface area contributed by atoms with Gasteiger partial charge in [0.25, 0.3) is 0 Å². The van der Waals surface area contributed by atoms with E-state index in [2.05, 4.69) is 10.5 Å². The lowest BCUT2D eigenvalue weighted by molar-refractivity contribution is 0.249. The smallest absolute Gasteiger partial charge is 0.332 e. The minimum absolute atomic E-state index is 0.537. The molecule has 0 aromatic rings. The third kappa shape index (κ3) is 0.615. The predicted molar refractivity (Wildman–Crippen MR) is 50.3 cm³/mol. The van der Waals surface area contributed by atoms with E-state index in [1.807, 2.05) is 0 Å². The summed E-state index contributed by atoms with van der Waals surface area (Å²) in [7, 11) is 0. The molecule has 2 amide bonds. The Labute approximate surface area is 81.9 Å². The largest absolute Gasteiger partial charge is 0.350 e. The number of hydrogen-bond acceptors (Lipinski definition) is 2. The summed E-state index contributed by atoms with van der Waals surface area (Å²) in [5.41, 5.74) is 8.67. The molecule has 4 nitrogen and oxygen atoms in total. The second-order valence-electron chi connectivity index (χ2n) is 5.20. The molecule has 0 spiro atoms. The topological polar surface area (TPSA) is 67.5 Å². The highest BCUT2D eigenvalue weighted by molar-refractivity contribution is 5.97. The molecule has 0 aromatic heterocycles. The van der Waals surface area contributed by atoms with Gasteiger partial charge in [-0.1, -0.05) is 0 Å². The molecule has 6 atom stereocenters. The van der Waals surface area contributed by atoms with Gasteiger partial charge >= 0.3 is 6.03 Å². The molecule has 0 aliphatic heterocycles. The average Bonchev–Trinajstić information content (AvgIpc) is 2.52. The van der Waals surface area contributed by atoms with Crippen LogP contribution in [-0.2, 0) is 0 Å². The van der Waals surface area contributed by atoms with Gasteiger partial charge in [-0.15, -0.1) is 0 Å². The molecular formula is C10H13N3O. The van der Waals surface area contributed by atoms with Crippen LogP contribution < -0.4 is 11.2 Å². The zero-order valence-electron chi connectivity index (χ0n) is 7.81. The Bertz CT molecular complexity index is 360. The molecule has 4 aliphatic carbocycles. The van der Waals surface area contributed by atoms with Crippen LogP contribution in [0.25, 0.3) is 0 Å². The molecule has 4 fully saturated rings. The Morgan fingerprint density at radius 2 is 2.29 bits per heavy atom. The summed E-state index contributed by atoms with van der Waals surface area (Å²) in [6, 6.07) is -0.537. The Kier molecular flexibility index (Phi) is 1.02. The van der Waals surface area contributed by atoms with E-state index in [1.165, 1.54) is 18.6 Å². The lowest BCUT2D eigenvalue weighted by atomic mass is 9.84. The van der Waals surface area contributed by atoms with Gasteiger partial charge in [0.05, 0.1) is 0 Å². The highest BCUT2D eigenvalue weighted by Gasteiger charge is 2.76. The van der Waals surface area contributed by atoms with Crippen molar-refractivity contribution in [3.05, 3.63) is 0 Å². The average molecular weight is 191 g/mol. The Balaban J connectivity index is 1.66. The maximum atomic E-state index is 10.6. The van der Waals surface area contributed by atoms with Gasteiger partial charge < -0.3 is 5.73 Å². The van der Waals surface area contributed by atoms with Gasteiger partial charge in [0.1, 0.15) is 0 Å². The van der Waals surface area contributed by atoms with Crippen molar-refractivity contribution in [2.45, 2.75) is 12.8 Å². The monoisotopic (exact) mass is 191 g/mol. The van der Waals surface area contributed by atoms with Crippen molar-refractivity contribution in [2.75, 3.05) is 0 Å². The molecule has 4 heteroatoms. The lowest BCUT2D eigenvalue weighted by Crippen LogP contribution is -2.30. The zero-order valence-corrected chi connectivity index (χ0v) is 7.81. The quantitative estimate of drug-likeness (QED) is 0.584. The van der Waals surface area contributed by atoms with Crippen molar-refractivity contribution in [1.29, 1.82) is 0 Å². The van der Waals surface area contributed by atoms with Crippen molar-refractivity contribution in [1.82, 2.24) is 5.43 Å². The first kappa shape index (κ1) is 7.26. The minimum atomic E-state index is -0.537. The Morgan fingerprint density at radius 3 is 2.86 bits per heavy atom. The van der Waals surface area contributed by atoms with Crippen molar-refractivity contribution in [3.8, 4) is 0 Å². The van der Waals surface area contributed by atoms with Crippen LogP contribution in [0.3, 0.4) is 0 Å². The molecule has 0 heterocycles. The number of hydrogen-bond donors (Lipinski definition) is 2. The van der Waals surface area contributed by atoms with Crippen molar-refractivity contribution >= 4 is 11.7 Å². The van der Waals surface area contributed by atoms with E-state index >= 15 is 0 Å². The molecular weight excluding hydrogens is 178 g/mol. The fourth-order valence-electron chi connectivity index (χ4n) is 4.63. The predicted octanol–water partition coefficient (Wildman–Crippen LogP) is 0.542. The van der Waals surface area contributed by atoms with Crippen molar-refractivity contribution in [2.24, 2.45) is 46.3 Å². The molecule has 14 heavy (non-hydrogen) atoms. The summed E-state index contributed by atoms with van der Waals surface area (Å²) in [6.07, 6.45) is 2.74. The first-order valence-corrected chi connectivity index (χ1v) is 5.40. The Morgan fingerprint density at radius 1 is 1.43 bits per heavy atom. The lowest BCUT2D eigenvalue weighted by Gasteiger charge is -2.21.